The summed E-state index contributed by atoms with van der Waals surface area (Å²) in [5, 5.41) is 0. The normalized spacial score (nSPS) is 26.7. The van der Waals surface area contributed by atoms with Gasteiger partial charge in [0.15, 0.2) is 0 Å². The molecule has 4 heteroatoms. The van der Waals surface area contributed by atoms with Gasteiger partial charge in [0.1, 0.15) is 5.78 Å². The zero-order valence-corrected chi connectivity index (χ0v) is 11.7. The molecular formula is C14H24N2O2. The first-order valence-electron chi connectivity index (χ1n) is 6.93. The molecule has 0 radical (unpaired) electrons. The van der Waals surface area contributed by atoms with E-state index < -0.39 is 5.54 Å². The van der Waals surface area contributed by atoms with Crippen molar-refractivity contribution in [1.82, 2.24) is 9.80 Å². The monoisotopic (exact) mass is 252 g/mol. The molecule has 18 heavy (non-hydrogen) atoms. The Kier molecular flexibility index (Phi) is 3.76. The quantitative estimate of drug-likeness (QED) is 0.744. The van der Waals surface area contributed by atoms with Gasteiger partial charge in [0, 0.05) is 39.5 Å². The maximum Gasteiger partial charge on any atom is 0.242 e. The summed E-state index contributed by atoms with van der Waals surface area (Å²) < 4.78 is 0. The van der Waals surface area contributed by atoms with Gasteiger partial charge in [-0.1, -0.05) is 0 Å². The third-order valence-electron chi connectivity index (χ3n) is 4.51. The summed E-state index contributed by atoms with van der Waals surface area (Å²) in [5.41, 5.74) is -0.394. The van der Waals surface area contributed by atoms with Gasteiger partial charge in [-0.15, -0.1) is 0 Å². The third-order valence-corrected chi connectivity index (χ3v) is 4.51. The van der Waals surface area contributed by atoms with Crippen molar-refractivity contribution >= 4 is 11.7 Å². The van der Waals surface area contributed by atoms with Gasteiger partial charge in [-0.2, -0.15) is 0 Å². The molecule has 2 fully saturated rings. The van der Waals surface area contributed by atoms with Gasteiger partial charge in [0.05, 0.1) is 5.54 Å². The number of amides is 1. The van der Waals surface area contributed by atoms with Crippen LogP contribution in [0, 0.1) is 5.92 Å². The number of carbonyl (C=O) groups excluding carboxylic acids is 2. The van der Waals surface area contributed by atoms with Crippen LogP contribution < -0.4 is 0 Å². The highest BCUT2D eigenvalue weighted by atomic mass is 16.2. The van der Waals surface area contributed by atoms with Crippen molar-refractivity contribution in [2.45, 2.75) is 45.1 Å². The van der Waals surface area contributed by atoms with Crippen molar-refractivity contribution in [3.05, 3.63) is 0 Å². The van der Waals surface area contributed by atoms with Gasteiger partial charge >= 0.3 is 0 Å². The molecule has 2 aliphatic rings. The highest BCUT2D eigenvalue weighted by Gasteiger charge is 2.41. The number of Topliss-reactive ketones (excluding diaryl/α,β-unsaturated/α-hetero) is 1. The van der Waals surface area contributed by atoms with Crippen LogP contribution in [0.15, 0.2) is 0 Å². The lowest BCUT2D eigenvalue weighted by molar-refractivity contribution is -0.148. The number of ketones is 1. The Morgan fingerprint density at radius 3 is 2.39 bits per heavy atom. The molecule has 1 saturated carbocycles. The van der Waals surface area contributed by atoms with E-state index in [0.29, 0.717) is 11.7 Å². The number of hydrogen-bond donors (Lipinski definition) is 0. The maximum atomic E-state index is 12.2. The van der Waals surface area contributed by atoms with Gasteiger partial charge in [0.25, 0.3) is 0 Å². The Balaban J connectivity index is 1.96. The van der Waals surface area contributed by atoms with Crippen LogP contribution in [-0.4, -0.2) is 53.7 Å². The first kappa shape index (κ1) is 13.5. The Morgan fingerprint density at radius 2 is 1.78 bits per heavy atom. The highest BCUT2D eigenvalue weighted by Crippen LogP contribution is 2.28. The number of piperazine rings is 1. The minimum absolute atomic E-state index is 0.209. The van der Waals surface area contributed by atoms with Crippen LogP contribution >= 0.6 is 0 Å². The summed E-state index contributed by atoms with van der Waals surface area (Å²) in [6.45, 7) is 6.74. The predicted octanol–water partition coefficient (Wildman–Crippen LogP) is 1.30. The summed E-state index contributed by atoms with van der Waals surface area (Å²) in [5.74, 6) is 1.19. The molecule has 0 aromatic rings. The molecule has 0 aromatic heterocycles. The largest absolute Gasteiger partial charge is 0.343 e. The standard InChI is InChI=1S/C14H24N2O2/c1-14(2)13(18)15(3)8-9-16(14)10-11-4-6-12(17)7-5-11/h11H,4-10H2,1-3H3. The lowest BCUT2D eigenvalue weighted by atomic mass is 9.86. The Hall–Kier alpha value is -0.900. The predicted molar refractivity (Wildman–Crippen MR) is 70.3 cm³/mol. The molecule has 0 unspecified atom stereocenters. The smallest absolute Gasteiger partial charge is 0.242 e. The van der Waals surface area contributed by atoms with Crippen molar-refractivity contribution in [3.63, 3.8) is 0 Å². The van der Waals surface area contributed by atoms with E-state index in [9.17, 15) is 9.59 Å². The molecular weight excluding hydrogens is 228 g/mol. The Bertz CT molecular complexity index is 342. The van der Waals surface area contributed by atoms with E-state index in [1.807, 2.05) is 25.8 Å². The topological polar surface area (TPSA) is 40.6 Å². The van der Waals surface area contributed by atoms with Gasteiger partial charge in [-0.25, -0.2) is 0 Å². The number of hydrogen-bond acceptors (Lipinski definition) is 3. The van der Waals surface area contributed by atoms with E-state index >= 15 is 0 Å². The summed E-state index contributed by atoms with van der Waals surface area (Å²) in [4.78, 5) is 27.6. The molecule has 1 amide bonds. The zero-order chi connectivity index (χ0) is 13.3. The summed E-state index contributed by atoms with van der Waals surface area (Å²) in [6, 6.07) is 0. The van der Waals surface area contributed by atoms with Crippen LogP contribution in [0.4, 0.5) is 0 Å². The highest BCUT2D eigenvalue weighted by molar-refractivity contribution is 5.86. The Morgan fingerprint density at radius 1 is 1.17 bits per heavy atom. The SMILES string of the molecule is CN1CCN(CC2CCC(=O)CC2)C(C)(C)C1=O. The van der Waals surface area contributed by atoms with Crippen LogP contribution in [-0.2, 0) is 9.59 Å². The zero-order valence-electron chi connectivity index (χ0n) is 11.7. The minimum atomic E-state index is -0.394. The molecule has 1 aliphatic heterocycles. The lowest BCUT2D eigenvalue weighted by Crippen LogP contribution is -2.62. The molecule has 0 N–H and O–H groups in total. The molecule has 0 bridgehead atoms. The van der Waals surface area contributed by atoms with Crippen molar-refractivity contribution in [1.29, 1.82) is 0 Å². The average molecular weight is 252 g/mol. The second-order valence-electron chi connectivity index (χ2n) is 6.21. The van der Waals surface area contributed by atoms with E-state index in [2.05, 4.69) is 4.90 Å². The molecule has 0 spiro atoms. The molecule has 0 atom stereocenters. The molecule has 1 heterocycles. The number of rotatable bonds is 2. The number of nitrogens with zero attached hydrogens (tertiary/aromatic N) is 2. The van der Waals surface area contributed by atoms with E-state index in [1.165, 1.54) is 0 Å². The molecule has 2 rings (SSSR count). The van der Waals surface area contributed by atoms with Gasteiger partial charge in [0.2, 0.25) is 5.91 Å². The summed E-state index contributed by atoms with van der Waals surface area (Å²) in [6.07, 6.45) is 3.45. The third kappa shape index (κ3) is 2.58. The fourth-order valence-corrected chi connectivity index (χ4v) is 3.07. The first-order chi connectivity index (χ1) is 8.41. The molecule has 102 valence electrons. The van der Waals surface area contributed by atoms with Crippen LogP contribution in [0.5, 0.6) is 0 Å². The van der Waals surface area contributed by atoms with Crippen molar-refractivity contribution in [2.24, 2.45) is 5.92 Å². The molecule has 4 nitrogen and oxygen atoms in total. The van der Waals surface area contributed by atoms with Crippen LogP contribution in [0.2, 0.25) is 0 Å². The minimum Gasteiger partial charge on any atom is -0.343 e. The Labute approximate surface area is 109 Å². The summed E-state index contributed by atoms with van der Waals surface area (Å²) >= 11 is 0. The van der Waals surface area contributed by atoms with Crippen molar-refractivity contribution < 1.29 is 9.59 Å². The maximum absolute atomic E-state index is 12.2. The lowest BCUT2D eigenvalue weighted by Gasteiger charge is -2.46. The average Bonchev–Trinajstić information content (AvgIpc) is 2.33. The number of likely N-dealkylation sites (N-methyl/N-ethyl adjacent to an activating group) is 1. The van der Waals surface area contributed by atoms with E-state index in [1.54, 1.807) is 0 Å². The van der Waals surface area contributed by atoms with E-state index in [4.69, 9.17) is 0 Å². The van der Waals surface area contributed by atoms with E-state index in [0.717, 1.165) is 45.3 Å². The van der Waals surface area contributed by atoms with Crippen LogP contribution in [0.1, 0.15) is 39.5 Å². The van der Waals surface area contributed by atoms with Crippen LogP contribution in [0.3, 0.4) is 0 Å². The molecule has 0 aromatic carbocycles. The van der Waals surface area contributed by atoms with Crippen LogP contribution in [0.25, 0.3) is 0 Å². The second-order valence-corrected chi connectivity index (χ2v) is 6.21. The van der Waals surface area contributed by atoms with Crippen molar-refractivity contribution in [2.75, 3.05) is 26.7 Å². The van der Waals surface area contributed by atoms with Gasteiger partial charge in [-0.05, 0) is 32.6 Å². The molecule has 1 saturated heterocycles. The first-order valence-corrected chi connectivity index (χ1v) is 6.93. The molecule has 1 aliphatic carbocycles. The fourth-order valence-electron chi connectivity index (χ4n) is 3.07. The van der Waals surface area contributed by atoms with Crippen molar-refractivity contribution in [3.8, 4) is 0 Å². The van der Waals surface area contributed by atoms with E-state index in [-0.39, 0.29) is 5.91 Å². The second kappa shape index (κ2) is 5.00. The fraction of sp³-hybridized carbons (Fsp3) is 0.857. The number of carbonyl (C=O) groups is 2. The van der Waals surface area contributed by atoms with Gasteiger partial charge in [-0.3, -0.25) is 14.5 Å². The summed E-state index contributed by atoms with van der Waals surface area (Å²) in [7, 11) is 1.88. The van der Waals surface area contributed by atoms with Gasteiger partial charge < -0.3 is 4.90 Å².